The number of hydrogen-bond acceptors (Lipinski definition) is 8. The van der Waals surface area contributed by atoms with E-state index in [-0.39, 0.29) is 11.8 Å². The fourth-order valence-corrected chi connectivity index (χ4v) is 3.57. The van der Waals surface area contributed by atoms with Gasteiger partial charge in [0.1, 0.15) is 30.2 Å². The molecule has 0 bridgehead atoms. The summed E-state index contributed by atoms with van der Waals surface area (Å²) in [7, 11) is 0. The van der Waals surface area contributed by atoms with Gasteiger partial charge in [0.25, 0.3) is 0 Å². The number of aromatic nitrogens is 5. The van der Waals surface area contributed by atoms with Crippen LogP contribution in [0.5, 0.6) is 0 Å². The molecular formula is C16H14ClN5O4. The zero-order valence-corrected chi connectivity index (χ0v) is 14.1. The molecule has 10 heteroatoms. The average molecular weight is 376 g/mol. The van der Waals surface area contributed by atoms with E-state index in [2.05, 4.69) is 19.9 Å². The lowest BCUT2D eigenvalue weighted by molar-refractivity contribution is -0.153. The molecule has 0 radical (unpaired) electrons. The second-order valence-electron chi connectivity index (χ2n) is 6.05. The predicted molar refractivity (Wildman–Crippen MR) is 88.1 cm³/mol. The Kier molecular flexibility index (Phi) is 3.84. The van der Waals surface area contributed by atoms with Crippen LogP contribution in [0.15, 0.2) is 37.2 Å². The maximum Gasteiger partial charge on any atom is 0.185 e. The first-order valence-electron chi connectivity index (χ1n) is 8.06. The second-order valence-corrected chi connectivity index (χ2v) is 6.41. The molecule has 0 spiro atoms. The van der Waals surface area contributed by atoms with Gasteiger partial charge in [0.05, 0.1) is 12.9 Å². The van der Waals surface area contributed by atoms with E-state index in [1.54, 1.807) is 23.3 Å². The van der Waals surface area contributed by atoms with Crippen LogP contribution in [0.2, 0.25) is 5.15 Å². The number of aliphatic hydroxyl groups is 1. The molecule has 3 aromatic heterocycles. The standard InChI is InChI=1S/C16H14ClN5O4/c17-13-10-14(20-6-19-13)22(7-21-10)15-12-11(9(5-23)24-15)25-16(26-12)8-1-3-18-4-2-8/h1-4,6-7,9,11-12,15-16,23H,5H2. The normalized spacial score (nSPS) is 30.8. The highest BCUT2D eigenvalue weighted by Crippen LogP contribution is 2.44. The summed E-state index contributed by atoms with van der Waals surface area (Å²) in [6, 6.07) is 3.66. The van der Waals surface area contributed by atoms with Crippen LogP contribution in [0.4, 0.5) is 0 Å². The molecular weight excluding hydrogens is 362 g/mol. The summed E-state index contributed by atoms with van der Waals surface area (Å²) < 4.78 is 19.8. The van der Waals surface area contributed by atoms with E-state index >= 15 is 0 Å². The molecule has 3 aromatic rings. The van der Waals surface area contributed by atoms with E-state index < -0.39 is 30.8 Å². The van der Waals surface area contributed by atoms with Crippen molar-refractivity contribution >= 4 is 22.8 Å². The van der Waals surface area contributed by atoms with Gasteiger partial charge in [0.15, 0.2) is 23.3 Å². The summed E-state index contributed by atoms with van der Waals surface area (Å²) in [5.74, 6) is 0. The molecule has 2 aliphatic rings. The summed E-state index contributed by atoms with van der Waals surface area (Å²) in [5.41, 5.74) is 1.86. The van der Waals surface area contributed by atoms with Crippen LogP contribution in [0.1, 0.15) is 18.1 Å². The lowest BCUT2D eigenvalue weighted by atomic mass is 10.1. The SMILES string of the molecule is OCC1OC(n2cnc3c(Cl)ncnc32)C2OC(c3ccncc3)OC12. The molecule has 2 aliphatic heterocycles. The molecule has 0 saturated carbocycles. The molecule has 9 nitrogen and oxygen atoms in total. The van der Waals surface area contributed by atoms with Gasteiger partial charge in [-0.15, -0.1) is 0 Å². The first kappa shape index (κ1) is 16.0. The van der Waals surface area contributed by atoms with Crippen LogP contribution in [-0.4, -0.2) is 54.5 Å². The molecule has 134 valence electrons. The molecule has 26 heavy (non-hydrogen) atoms. The van der Waals surface area contributed by atoms with Gasteiger partial charge in [-0.1, -0.05) is 11.6 Å². The number of fused-ring (bicyclic) bond motifs is 2. The van der Waals surface area contributed by atoms with Gasteiger partial charge >= 0.3 is 0 Å². The van der Waals surface area contributed by atoms with E-state index in [9.17, 15) is 5.11 Å². The van der Waals surface area contributed by atoms with Gasteiger partial charge in [-0.3, -0.25) is 9.55 Å². The summed E-state index contributed by atoms with van der Waals surface area (Å²) in [6.45, 7) is -0.188. The number of imidazole rings is 1. The van der Waals surface area contributed by atoms with Gasteiger partial charge < -0.3 is 19.3 Å². The third-order valence-electron chi connectivity index (χ3n) is 4.59. The molecule has 0 aliphatic carbocycles. The van der Waals surface area contributed by atoms with E-state index in [0.29, 0.717) is 11.2 Å². The quantitative estimate of drug-likeness (QED) is 0.682. The van der Waals surface area contributed by atoms with E-state index in [1.807, 2.05) is 12.1 Å². The molecule has 5 heterocycles. The van der Waals surface area contributed by atoms with Gasteiger partial charge in [0.2, 0.25) is 0 Å². The highest BCUT2D eigenvalue weighted by Gasteiger charge is 2.53. The topological polar surface area (TPSA) is 104 Å². The predicted octanol–water partition coefficient (Wildman–Crippen LogP) is 1.25. The maximum absolute atomic E-state index is 9.70. The first-order valence-corrected chi connectivity index (χ1v) is 8.44. The maximum atomic E-state index is 9.70. The van der Waals surface area contributed by atoms with Crippen LogP contribution in [-0.2, 0) is 14.2 Å². The van der Waals surface area contributed by atoms with Crippen molar-refractivity contribution in [2.24, 2.45) is 0 Å². The van der Waals surface area contributed by atoms with Crippen molar-refractivity contribution in [3.05, 3.63) is 47.9 Å². The molecule has 5 rings (SSSR count). The van der Waals surface area contributed by atoms with Gasteiger partial charge in [-0.2, -0.15) is 0 Å². The van der Waals surface area contributed by atoms with Crippen molar-refractivity contribution in [2.45, 2.75) is 30.8 Å². The molecule has 5 atom stereocenters. The molecule has 5 unspecified atom stereocenters. The lowest BCUT2D eigenvalue weighted by Crippen LogP contribution is -2.30. The summed E-state index contributed by atoms with van der Waals surface area (Å²) in [6.07, 6.45) is 3.81. The Morgan fingerprint density at radius 1 is 1.08 bits per heavy atom. The highest BCUT2D eigenvalue weighted by molar-refractivity contribution is 6.33. The zero-order valence-electron chi connectivity index (χ0n) is 13.3. The van der Waals surface area contributed by atoms with Crippen molar-refractivity contribution in [2.75, 3.05) is 6.61 Å². The van der Waals surface area contributed by atoms with Gasteiger partial charge in [-0.05, 0) is 12.1 Å². The van der Waals surface area contributed by atoms with E-state index in [4.69, 9.17) is 25.8 Å². The van der Waals surface area contributed by atoms with E-state index in [0.717, 1.165) is 5.56 Å². The Morgan fingerprint density at radius 2 is 1.88 bits per heavy atom. The Hall–Kier alpha value is -2.17. The minimum Gasteiger partial charge on any atom is -0.394 e. The number of rotatable bonds is 3. The van der Waals surface area contributed by atoms with Crippen LogP contribution in [0.3, 0.4) is 0 Å². The Morgan fingerprint density at radius 3 is 2.69 bits per heavy atom. The van der Waals surface area contributed by atoms with Crippen molar-refractivity contribution in [1.82, 2.24) is 24.5 Å². The number of hydrogen-bond donors (Lipinski definition) is 1. The van der Waals surface area contributed by atoms with Crippen LogP contribution < -0.4 is 0 Å². The number of halogens is 1. The van der Waals surface area contributed by atoms with Crippen molar-refractivity contribution in [3.8, 4) is 0 Å². The first-order chi connectivity index (χ1) is 12.8. The molecule has 1 N–H and O–H groups in total. The highest BCUT2D eigenvalue weighted by atomic mass is 35.5. The second kappa shape index (κ2) is 6.22. The number of nitrogens with zero attached hydrogens (tertiary/aromatic N) is 5. The minimum absolute atomic E-state index is 0.188. The molecule has 2 saturated heterocycles. The Balaban J connectivity index is 1.51. The van der Waals surface area contributed by atoms with Crippen molar-refractivity contribution in [1.29, 1.82) is 0 Å². The van der Waals surface area contributed by atoms with Gasteiger partial charge in [0, 0.05) is 18.0 Å². The zero-order chi connectivity index (χ0) is 17.7. The third kappa shape index (κ3) is 2.40. The van der Waals surface area contributed by atoms with Crippen molar-refractivity contribution < 1.29 is 19.3 Å². The van der Waals surface area contributed by atoms with E-state index in [1.165, 1.54) is 6.33 Å². The molecule has 0 aromatic carbocycles. The van der Waals surface area contributed by atoms with Crippen LogP contribution in [0, 0.1) is 0 Å². The Bertz CT molecular complexity index is 939. The largest absolute Gasteiger partial charge is 0.394 e. The van der Waals surface area contributed by atoms with Crippen molar-refractivity contribution in [3.63, 3.8) is 0 Å². The average Bonchev–Trinajstić information content (AvgIpc) is 3.36. The van der Waals surface area contributed by atoms with Crippen LogP contribution >= 0.6 is 11.6 Å². The molecule has 0 amide bonds. The van der Waals surface area contributed by atoms with Gasteiger partial charge in [-0.25, -0.2) is 15.0 Å². The smallest absolute Gasteiger partial charge is 0.185 e. The number of aliphatic hydroxyl groups excluding tert-OH is 1. The molecule has 2 fully saturated rings. The monoisotopic (exact) mass is 375 g/mol. The lowest BCUT2D eigenvalue weighted by Gasteiger charge is -2.20. The summed E-state index contributed by atoms with van der Waals surface area (Å²) >= 11 is 6.08. The fraction of sp³-hybridized carbons (Fsp3) is 0.375. The van der Waals surface area contributed by atoms with Crippen LogP contribution in [0.25, 0.3) is 11.2 Å². The number of pyridine rings is 1. The third-order valence-corrected chi connectivity index (χ3v) is 4.87. The summed E-state index contributed by atoms with van der Waals surface area (Å²) in [4.78, 5) is 16.4. The minimum atomic E-state index is -0.556. The number of ether oxygens (including phenoxy) is 3. The Labute approximate surface area is 152 Å². The summed E-state index contributed by atoms with van der Waals surface area (Å²) in [5, 5.41) is 9.96. The fourth-order valence-electron chi connectivity index (χ4n) is 3.39.